The minimum Gasteiger partial charge on any atom is -0.449 e. The van der Waals surface area contributed by atoms with Crippen LogP contribution in [0.5, 0.6) is 0 Å². The van der Waals surface area contributed by atoms with Crippen LogP contribution in [0, 0.1) is 17.2 Å². The van der Waals surface area contributed by atoms with E-state index in [1.165, 1.54) is 29.8 Å². The Labute approximate surface area is 187 Å². The van der Waals surface area contributed by atoms with Gasteiger partial charge < -0.3 is 15.0 Å². The van der Waals surface area contributed by atoms with Gasteiger partial charge in [0.15, 0.2) is 0 Å². The second kappa shape index (κ2) is 11.9. The predicted octanol–water partition coefficient (Wildman–Crippen LogP) is 4.47. The quantitative estimate of drug-likeness (QED) is 0.348. The maximum absolute atomic E-state index is 12.3. The van der Waals surface area contributed by atoms with Crippen molar-refractivity contribution in [2.45, 2.75) is 33.1 Å². The van der Waals surface area contributed by atoms with Crippen molar-refractivity contribution in [2.75, 3.05) is 25.0 Å². The van der Waals surface area contributed by atoms with Gasteiger partial charge in [0.25, 0.3) is 0 Å². The molecule has 1 unspecified atom stereocenters. The number of carbonyl (C=O) groups is 2. The summed E-state index contributed by atoms with van der Waals surface area (Å²) in [4.78, 5) is 30.9. The van der Waals surface area contributed by atoms with E-state index in [-0.39, 0.29) is 17.9 Å². The van der Waals surface area contributed by atoms with E-state index in [0.29, 0.717) is 35.8 Å². The Balaban J connectivity index is 2.02. The number of rotatable bonds is 9. The summed E-state index contributed by atoms with van der Waals surface area (Å²) in [5, 5.41) is 13.0. The highest BCUT2D eigenvalue weighted by atomic mass is 32.1. The molecular weight excluding hydrogens is 412 g/mol. The number of nitriles is 1. The summed E-state index contributed by atoms with van der Waals surface area (Å²) < 4.78 is 5.47. The number of ether oxygens (including phenoxy) is 1. The smallest absolute Gasteiger partial charge is 0.409 e. The summed E-state index contributed by atoms with van der Waals surface area (Å²) in [6, 6.07) is 2.23. The fourth-order valence-corrected chi connectivity index (χ4v) is 4.61. The summed E-state index contributed by atoms with van der Waals surface area (Å²) in [6.45, 7) is 12.7. The summed E-state index contributed by atoms with van der Waals surface area (Å²) in [7, 11) is 0. The Hall–Kier alpha value is -3.18. The molecule has 1 aromatic rings. The van der Waals surface area contributed by atoms with Crippen LogP contribution in [0.4, 0.5) is 9.80 Å². The average Bonchev–Trinajstić information content (AvgIpc) is 3.11. The first-order chi connectivity index (χ1) is 14.9. The van der Waals surface area contributed by atoms with Crippen LogP contribution in [-0.4, -0.2) is 42.8 Å². The van der Waals surface area contributed by atoms with E-state index >= 15 is 0 Å². The molecule has 1 aliphatic rings. The van der Waals surface area contributed by atoms with E-state index in [0.717, 1.165) is 29.7 Å². The number of hydrogen-bond donors (Lipinski definition) is 1. The zero-order valence-electron chi connectivity index (χ0n) is 18.0. The van der Waals surface area contributed by atoms with Gasteiger partial charge in [-0.1, -0.05) is 13.2 Å². The average molecular weight is 441 g/mol. The number of nitrogens with zero attached hydrogens (tertiary/aromatic N) is 3. The van der Waals surface area contributed by atoms with Gasteiger partial charge in [-0.3, -0.25) is 9.79 Å². The van der Waals surface area contributed by atoms with Crippen LogP contribution in [0.15, 0.2) is 42.1 Å². The SMILES string of the molecule is C=CN=CC(=C)/C=C/C(=O)Nc1sc2c(c1C#N)CCC(COC(=O)N(CC)CC)C2. The lowest BCUT2D eigenvalue weighted by Crippen LogP contribution is -2.33. The van der Waals surface area contributed by atoms with E-state index in [9.17, 15) is 14.9 Å². The van der Waals surface area contributed by atoms with E-state index in [4.69, 9.17) is 4.74 Å². The second-order valence-corrected chi connectivity index (χ2v) is 8.14. The van der Waals surface area contributed by atoms with E-state index in [1.54, 1.807) is 11.0 Å². The van der Waals surface area contributed by atoms with Gasteiger partial charge in [-0.05, 0) is 56.2 Å². The number of anilines is 1. The monoisotopic (exact) mass is 440 g/mol. The largest absolute Gasteiger partial charge is 0.449 e. The summed E-state index contributed by atoms with van der Waals surface area (Å²) in [6.07, 6.45) is 7.76. The third kappa shape index (κ3) is 6.66. The molecule has 0 radical (unpaired) electrons. The molecular formula is C23H28N4O3S. The van der Waals surface area contributed by atoms with Crippen molar-refractivity contribution < 1.29 is 14.3 Å². The molecule has 0 spiro atoms. The van der Waals surface area contributed by atoms with Gasteiger partial charge in [-0.2, -0.15) is 5.26 Å². The van der Waals surface area contributed by atoms with Gasteiger partial charge in [0.1, 0.15) is 11.1 Å². The summed E-state index contributed by atoms with van der Waals surface area (Å²) in [5.41, 5.74) is 2.07. The van der Waals surface area contributed by atoms with Crippen molar-refractivity contribution in [3.63, 3.8) is 0 Å². The van der Waals surface area contributed by atoms with Gasteiger partial charge in [-0.15, -0.1) is 11.3 Å². The number of nitrogens with one attached hydrogen (secondary N) is 1. The fourth-order valence-electron chi connectivity index (χ4n) is 3.29. The van der Waals surface area contributed by atoms with Crippen molar-refractivity contribution in [2.24, 2.45) is 10.9 Å². The molecule has 0 saturated heterocycles. The third-order valence-corrected chi connectivity index (χ3v) is 6.14. The number of carbonyl (C=O) groups excluding carboxylic acids is 2. The van der Waals surface area contributed by atoms with E-state index in [2.05, 4.69) is 29.5 Å². The molecule has 1 aliphatic carbocycles. The first kappa shape index (κ1) is 24.1. The zero-order chi connectivity index (χ0) is 22.8. The molecule has 0 aromatic carbocycles. The van der Waals surface area contributed by atoms with Gasteiger partial charge >= 0.3 is 6.09 Å². The number of aliphatic imine (C=N–C) groups is 1. The minimum absolute atomic E-state index is 0.202. The van der Waals surface area contributed by atoms with Crippen LogP contribution in [0.25, 0.3) is 0 Å². The van der Waals surface area contributed by atoms with Gasteiger partial charge in [0, 0.05) is 36.5 Å². The van der Waals surface area contributed by atoms with Gasteiger partial charge in [0.2, 0.25) is 5.91 Å². The van der Waals surface area contributed by atoms with Crippen LogP contribution < -0.4 is 5.32 Å². The maximum Gasteiger partial charge on any atom is 0.409 e. The first-order valence-electron chi connectivity index (χ1n) is 10.2. The summed E-state index contributed by atoms with van der Waals surface area (Å²) in [5.74, 6) is -0.138. The van der Waals surface area contributed by atoms with Crippen LogP contribution in [0.3, 0.4) is 0 Å². The van der Waals surface area contributed by atoms with Crippen molar-refractivity contribution >= 4 is 34.6 Å². The Morgan fingerprint density at radius 1 is 1.39 bits per heavy atom. The fraction of sp³-hybridized carbons (Fsp3) is 0.391. The molecule has 1 heterocycles. The third-order valence-electron chi connectivity index (χ3n) is 4.97. The number of amides is 2. The van der Waals surface area contributed by atoms with Crippen LogP contribution in [0.1, 0.15) is 36.3 Å². The molecule has 8 heteroatoms. The second-order valence-electron chi connectivity index (χ2n) is 7.04. The molecule has 7 nitrogen and oxygen atoms in total. The first-order valence-corrected chi connectivity index (χ1v) is 11.0. The Morgan fingerprint density at radius 2 is 2.13 bits per heavy atom. The highest BCUT2D eigenvalue weighted by Gasteiger charge is 2.27. The van der Waals surface area contributed by atoms with Crippen molar-refractivity contribution in [1.29, 1.82) is 5.26 Å². The predicted molar refractivity (Wildman–Crippen MR) is 124 cm³/mol. The minimum atomic E-state index is -0.340. The zero-order valence-corrected chi connectivity index (χ0v) is 18.8. The maximum atomic E-state index is 12.3. The lowest BCUT2D eigenvalue weighted by Gasteiger charge is -2.24. The van der Waals surface area contributed by atoms with Crippen molar-refractivity contribution in [1.82, 2.24) is 4.90 Å². The normalized spacial score (nSPS) is 15.3. The molecule has 1 aromatic heterocycles. The lowest BCUT2D eigenvalue weighted by molar-refractivity contribution is -0.111. The molecule has 2 rings (SSSR count). The summed E-state index contributed by atoms with van der Waals surface area (Å²) >= 11 is 1.42. The molecule has 0 aliphatic heterocycles. The van der Waals surface area contributed by atoms with Crippen LogP contribution >= 0.6 is 11.3 Å². The molecule has 164 valence electrons. The Bertz CT molecular complexity index is 935. The topological polar surface area (TPSA) is 94.8 Å². The molecule has 31 heavy (non-hydrogen) atoms. The number of thiophene rings is 1. The molecule has 0 saturated carbocycles. The molecule has 1 atom stereocenters. The Morgan fingerprint density at radius 3 is 2.77 bits per heavy atom. The highest BCUT2D eigenvalue weighted by Crippen LogP contribution is 2.39. The molecule has 0 bridgehead atoms. The van der Waals surface area contributed by atoms with Crippen molar-refractivity contribution in [3.05, 3.63) is 53.1 Å². The van der Waals surface area contributed by atoms with E-state index in [1.807, 2.05) is 13.8 Å². The van der Waals surface area contributed by atoms with Gasteiger partial charge in [-0.25, -0.2) is 4.79 Å². The standard InChI is InChI=1S/C23H28N4O3S/c1-5-25-14-16(4)8-11-21(28)26-22-19(13-24)18-10-9-17(12-20(18)31-22)15-30-23(29)27(6-2)7-3/h5,8,11,14,17H,1,4,6-7,9-10,12,15H2,2-3H3,(H,26,28)/b11-8+,25-14?. The number of hydrogen-bond acceptors (Lipinski definition) is 6. The number of allylic oxidation sites excluding steroid dienone is 2. The molecule has 0 fully saturated rings. The van der Waals surface area contributed by atoms with Gasteiger partial charge in [0.05, 0.1) is 12.2 Å². The van der Waals surface area contributed by atoms with Crippen LogP contribution in [0.2, 0.25) is 0 Å². The van der Waals surface area contributed by atoms with E-state index < -0.39 is 0 Å². The highest BCUT2D eigenvalue weighted by molar-refractivity contribution is 7.16. The van der Waals surface area contributed by atoms with Crippen LogP contribution in [-0.2, 0) is 22.4 Å². The van der Waals surface area contributed by atoms with Crippen molar-refractivity contribution in [3.8, 4) is 6.07 Å². The lowest BCUT2D eigenvalue weighted by atomic mass is 9.88. The molecule has 2 amide bonds. The number of fused-ring (bicyclic) bond motifs is 1. The Kier molecular flexibility index (Phi) is 9.22. The molecule has 1 N–H and O–H groups in total.